The van der Waals surface area contributed by atoms with Crippen LogP contribution in [0.2, 0.25) is 0 Å². The first-order valence-electron chi connectivity index (χ1n) is 3.46. The maximum Gasteiger partial charge on any atom is 0.418 e. The summed E-state index contributed by atoms with van der Waals surface area (Å²) in [5.74, 6) is 0.401. The van der Waals surface area contributed by atoms with E-state index in [-0.39, 0.29) is 0 Å². The fourth-order valence-corrected chi connectivity index (χ4v) is 0.788. The van der Waals surface area contributed by atoms with Crippen molar-refractivity contribution in [3.05, 3.63) is 30.3 Å². The van der Waals surface area contributed by atoms with Crippen LogP contribution in [0.1, 0.15) is 0 Å². The monoisotopic (exact) mass is 198 g/mol. The second-order valence-electron chi connectivity index (χ2n) is 2.14. The molecule has 0 aliphatic heterocycles. The Hall–Kier alpha value is -1.55. The van der Waals surface area contributed by atoms with E-state index >= 15 is 0 Å². The number of hydrogen-bond acceptors (Lipinski definition) is 3. The van der Waals surface area contributed by atoms with E-state index in [9.17, 15) is 4.79 Å². The third-order valence-electron chi connectivity index (χ3n) is 1.17. The highest BCUT2D eigenvalue weighted by Gasteiger charge is 2.03. The molecule has 13 heavy (non-hydrogen) atoms. The van der Waals surface area contributed by atoms with E-state index in [0.29, 0.717) is 5.75 Å². The molecule has 1 rings (SSSR count). The Balaban J connectivity index is 2.50. The molecule has 2 N–H and O–H groups in total. The van der Waals surface area contributed by atoms with Crippen LogP contribution >= 0.6 is 11.6 Å². The molecule has 0 unspecified atom stereocenters. The molecule has 0 spiro atoms. The van der Waals surface area contributed by atoms with Gasteiger partial charge >= 0.3 is 6.09 Å². The summed E-state index contributed by atoms with van der Waals surface area (Å²) in [5, 5.41) is 8.25. The number of hydrogen-bond donors (Lipinski definition) is 2. The zero-order valence-electron chi connectivity index (χ0n) is 6.58. The number of rotatable bonds is 1. The maximum atomic E-state index is 10.9. The molecule has 4 nitrogen and oxygen atoms in total. The maximum absolute atomic E-state index is 10.9. The van der Waals surface area contributed by atoms with Gasteiger partial charge in [0.05, 0.1) is 0 Å². The lowest BCUT2D eigenvalue weighted by Gasteiger charge is -2.02. The van der Waals surface area contributed by atoms with E-state index in [0.717, 1.165) is 0 Å². The molecular weight excluding hydrogens is 192 g/mol. The van der Waals surface area contributed by atoms with E-state index in [4.69, 9.17) is 21.7 Å². The Morgan fingerprint density at radius 3 is 2.54 bits per heavy atom. The summed E-state index contributed by atoms with van der Waals surface area (Å²) in [6.45, 7) is 0. The van der Waals surface area contributed by atoms with Crippen LogP contribution in [-0.4, -0.2) is 11.4 Å². The second-order valence-corrected chi connectivity index (χ2v) is 2.52. The molecule has 0 bridgehead atoms. The first-order valence-corrected chi connectivity index (χ1v) is 3.84. The predicted molar refractivity (Wildman–Crippen MR) is 49.2 cm³/mol. The molecule has 5 heteroatoms. The van der Waals surface area contributed by atoms with Crippen LogP contribution in [0.3, 0.4) is 0 Å². The van der Waals surface area contributed by atoms with Crippen molar-refractivity contribution in [1.29, 1.82) is 5.41 Å². The largest absolute Gasteiger partial charge is 0.418 e. The fraction of sp³-hybridized carbons (Fsp3) is 0. The quantitative estimate of drug-likeness (QED) is 0.412. The van der Waals surface area contributed by atoms with E-state index in [2.05, 4.69) is 0 Å². The molecule has 0 saturated heterocycles. The van der Waals surface area contributed by atoms with Crippen LogP contribution in [0, 0.1) is 5.41 Å². The van der Waals surface area contributed by atoms with Crippen molar-refractivity contribution in [3.8, 4) is 5.75 Å². The number of nitrogens with one attached hydrogen (secondary N) is 2. The molecule has 0 radical (unpaired) electrons. The van der Waals surface area contributed by atoms with E-state index in [1.165, 1.54) is 0 Å². The van der Waals surface area contributed by atoms with Gasteiger partial charge in [-0.1, -0.05) is 18.2 Å². The van der Waals surface area contributed by atoms with Gasteiger partial charge in [0, 0.05) is 0 Å². The van der Waals surface area contributed by atoms with Gasteiger partial charge in [-0.15, -0.1) is 0 Å². The van der Waals surface area contributed by atoms with Crippen LogP contribution in [0.4, 0.5) is 4.79 Å². The molecule has 0 atom stereocenters. The summed E-state index contributed by atoms with van der Waals surface area (Å²) in [4.78, 5) is 10.9. The van der Waals surface area contributed by atoms with Crippen LogP contribution in [0.15, 0.2) is 30.3 Å². The Kier molecular flexibility index (Phi) is 3.28. The first kappa shape index (κ1) is 9.54. The molecular formula is C8H7ClN2O2. The Morgan fingerprint density at radius 1 is 1.38 bits per heavy atom. The van der Waals surface area contributed by atoms with Crippen LogP contribution < -0.4 is 10.1 Å². The smallest absolute Gasteiger partial charge is 0.410 e. The molecule has 0 aliphatic carbocycles. The summed E-state index contributed by atoms with van der Waals surface area (Å²) in [7, 11) is 0. The molecule has 0 heterocycles. The van der Waals surface area contributed by atoms with Crippen molar-refractivity contribution < 1.29 is 9.53 Å². The zero-order valence-corrected chi connectivity index (χ0v) is 7.34. The average Bonchev–Trinajstić information content (AvgIpc) is 2.04. The third-order valence-corrected chi connectivity index (χ3v) is 1.26. The number of carbonyl (C=O) groups is 1. The number of benzene rings is 1. The molecule has 0 saturated carbocycles. The minimum Gasteiger partial charge on any atom is -0.410 e. The lowest BCUT2D eigenvalue weighted by atomic mass is 10.3. The summed E-state index contributed by atoms with van der Waals surface area (Å²) in [5.41, 5.74) is 0. The normalized spacial score (nSPS) is 9.00. The second kappa shape index (κ2) is 4.47. The van der Waals surface area contributed by atoms with Crippen molar-refractivity contribution >= 4 is 23.0 Å². The predicted octanol–water partition coefficient (Wildman–Crippen LogP) is 1.95. The average molecular weight is 199 g/mol. The highest BCUT2D eigenvalue weighted by atomic mass is 35.5. The summed E-state index contributed by atoms with van der Waals surface area (Å²) < 4.78 is 4.75. The Morgan fingerprint density at radius 2 is 2.00 bits per heavy atom. The summed E-state index contributed by atoms with van der Waals surface area (Å²) >= 11 is 5.11. The summed E-state index contributed by atoms with van der Waals surface area (Å²) in [6.07, 6.45) is -0.772. The van der Waals surface area contributed by atoms with Crippen LogP contribution in [-0.2, 0) is 0 Å². The van der Waals surface area contributed by atoms with Gasteiger partial charge < -0.3 is 4.74 Å². The van der Waals surface area contributed by atoms with Gasteiger partial charge in [-0.25, -0.2) is 4.79 Å². The van der Waals surface area contributed by atoms with Gasteiger partial charge in [-0.3, -0.25) is 10.7 Å². The van der Waals surface area contributed by atoms with Gasteiger partial charge in [-0.05, 0) is 23.7 Å². The van der Waals surface area contributed by atoms with Gasteiger partial charge in [0.2, 0.25) is 0 Å². The number of halogens is 1. The zero-order chi connectivity index (χ0) is 9.68. The molecule has 0 aliphatic rings. The van der Waals surface area contributed by atoms with Crippen molar-refractivity contribution in [3.63, 3.8) is 0 Å². The van der Waals surface area contributed by atoms with E-state index in [1.807, 2.05) is 5.32 Å². The SMILES string of the molecule is N=C(Cl)NC(=O)Oc1ccccc1. The van der Waals surface area contributed by atoms with Crippen LogP contribution in [0.5, 0.6) is 5.75 Å². The fourth-order valence-electron chi connectivity index (χ4n) is 0.711. The topological polar surface area (TPSA) is 62.2 Å². The third kappa shape index (κ3) is 3.57. The number of amidine groups is 1. The van der Waals surface area contributed by atoms with E-state index < -0.39 is 11.4 Å². The van der Waals surface area contributed by atoms with Crippen molar-refractivity contribution in [2.75, 3.05) is 0 Å². The number of amides is 1. The van der Waals surface area contributed by atoms with Crippen molar-refractivity contribution in [1.82, 2.24) is 5.32 Å². The highest BCUT2D eigenvalue weighted by Crippen LogP contribution is 2.07. The van der Waals surface area contributed by atoms with Gasteiger partial charge in [-0.2, -0.15) is 0 Å². The molecule has 1 amide bonds. The summed E-state index contributed by atoms with van der Waals surface area (Å²) in [6, 6.07) is 8.51. The lowest BCUT2D eigenvalue weighted by Crippen LogP contribution is -2.29. The van der Waals surface area contributed by atoms with Gasteiger partial charge in [0.25, 0.3) is 0 Å². The molecule has 68 valence electrons. The Bertz CT molecular complexity index is 313. The minimum absolute atomic E-state index is 0.401. The van der Waals surface area contributed by atoms with Gasteiger partial charge in [0.1, 0.15) is 5.75 Å². The molecule has 1 aromatic rings. The highest BCUT2D eigenvalue weighted by molar-refractivity contribution is 6.64. The number of carbonyl (C=O) groups excluding carboxylic acids is 1. The molecule has 0 aromatic heterocycles. The lowest BCUT2D eigenvalue weighted by molar-refractivity contribution is 0.206. The van der Waals surface area contributed by atoms with Gasteiger partial charge in [0.15, 0.2) is 5.29 Å². The standard InChI is InChI=1S/C8H7ClN2O2/c9-7(10)11-8(12)13-6-4-2-1-3-5-6/h1-5H,(H2,10,11,12). The molecule has 1 aromatic carbocycles. The van der Waals surface area contributed by atoms with Crippen LogP contribution in [0.25, 0.3) is 0 Å². The van der Waals surface area contributed by atoms with E-state index in [1.54, 1.807) is 30.3 Å². The first-order chi connectivity index (χ1) is 6.18. The Labute approximate surface area is 80.0 Å². The number of para-hydroxylation sites is 1. The number of ether oxygens (including phenoxy) is 1. The van der Waals surface area contributed by atoms with Crippen molar-refractivity contribution in [2.45, 2.75) is 0 Å². The van der Waals surface area contributed by atoms with Crippen molar-refractivity contribution in [2.24, 2.45) is 0 Å². The minimum atomic E-state index is -0.772. The molecule has 0 fully saturated rings.